The fraction of sp³-hybridized carbons (Fsp3) is 0.467. The number of allylic oxidation sites excluding steroid dienone is 1. The quantitative estimate of drug-likeness (QED) is 0.761. The predicted molar refractivity (Wildman–Crippen MR) is 67.1 cm³/mol. The summed E-state index contributed by atoms with van der Waals surface area (Å²) in [6.45, 7) is 0. The first-order valence-electron chi connectivity index (χ1n) is 6.27. The second kappa shape index (κ2) is 5.86. The summed E-state index contributed by atoms with van der Waals surface area (Å²) in [5, 5.41) is 9.96. The highest BCUT2D eigenvalue weighted by molar-refractivity contribution is 5.21. The molecule has 1 aliphatic carbocycles. The van der Waals surface area contributed by atoms with Gasteiger partial charge in [-0.2, -0.15) is 0 Å². The van der Waals surface area contributed by atoms with Gasteiger partial charge in [-0.25, -0.2) is 0 Å². The third kappa shape index (κ3) is 3.21. The minimum Gasteiger partial charge on any atom is -0.384 e. The lowest BCUT2D eigenvalue weighted by Gasteiger charge is -2.18. The van der Waals surface area contributed by atoms with Crippen LogP contribution in [0.5, 0.6) is 0 Å². The third-order valence-electron chi connectivity index (χ3n) is 3.36. The van der Waals surface area contributed by atoms with Crippen molar-refractivity contribution in [3.8, 4) is 0 Å². The molecule has 0 heterocycles. The van der Waals surface area contributed by atoms with Gasteiger partial charge in [0.15, 0.2) is 0 Å². The summed E-state index contributed by atoms with van der Waals surface area (Å²) >= 11 is 0. The van der Waals surface area contributed by atoms with Crippen LogP contribution in [-0.2, 0) is 0 Å². The molecule has 0 radical (unpaired) electrons. The Morgan fingerprint density at radius 1 is 1.06 bits per heavy atom. The van der Waals surface area contributed by atoms with Crippen LogP contribution in [0.25, 0.3) is 0 Å². The number of aliphatic hydroxyl groups is 1. The molecule has 1 saturated carbocycles. The molecule has 0 amide bonds. The van der Waals surface area contributed by atoms with Crippen molar-refractivity contribution in [3.63, 3.8) is 0 Å². The van der Waals surface area contributed by atoms with E-state index in [1.54, 1.807) is 0 Å². The van der Waals surface area contributed by atoms with E-state index in [-0.39, 0.29) is 0 Å². The first kappa shape index (κ1) is 11.4. The Bertz CT molecular complexity index is 323. The van der Waals surface area contributed by atoms with E-state index in [9.17, 15) is 5.11 Å². The zero-order valence-corrected chi connectivity index (χ0v) is 9.68. The molecule has 1 aromatic carbocycles. The molecule has 1 aliphatic rings. The van der Waals surface area contributed by atoms with Crippen LogP contribution in [0.2, 0.25) is 0 Å². The second-order valence-corrected chi connectivity index (χ2v) is 4.64. The van der Waals surface area contributed by atoms with Gasteiger partial charge in [-0.1, -0.05) is 61.7 Å². The van der Waals surface area contributed by atoms with Crippen molar-refractivity contribution in [2.24, 2.45) is 5.92 Å². The van der Waals surface area contributed by atoms with E-state index in [1.165, 1.54) is 32.1 Å². The molecular formula is C15H20O. The number of benzene rings is 1. The molecule has 0 saturated heterocycles. The van der Waals surface area contributed by atoms with Gasteiger partial charge in [0.05, 0.1) is 6.10 Å². The SMILES string of the molecule is OC(/C=C/C1CCCCC1)c1ccccc1. The summed E-state index contributed by atoms with van der Waals surface area (Å²) in [5.41, 5.74) is 0.981. The average molecular weight is 216 g/mol. The maximum absolute atomic E-state index is 9.96. The topological polar surface area (TPSA) is 20.2 Å². The van der Waals surface area contributed by atoms with Gasteiger partial charge < -0.3 is 5.11 Å². The van der Waals surface area contributed by atoms with Crippen LogP contribution in [0.4, 0.5) is 0 Å². The monoisotopic (exact) mass is 216 g/mol. The van der Waals surface area contributed by atoms with E-state index >= 15 is 0 Å². The van der Waals surface area contributed by atoms with Crippen LogP contribution in [0.1, 0.15) is 43.8 Å². The Morgan fingerprint density at radius 2 is 1.75 bits per heavy atom. The van der Waals surface area contributed by atoms with Crippen LogP contribution in [-0.4, -0.2) is 5.11 Å². The van der Waals surface area contributed by atoms with E-state index in [1.807, 2.05) is 36.4 Å². The van der Waals surface area contributed by atoms with E-state index in [0.717, 1.165) is 5.56 Å². The number of hydrogen-bond acceptors (Lipinski definition) is 1. The zero-order chi connectivity index (χ0) is 11.2. The molecule has 0 aromatic heterocycles. The summed E-state index contributed by atoms with van der Waals surface area (Å²) in [6, 6.07) is 9.84. The van der Waals surface area contributed by atoms with Gasteiger partial charge in [0.25, 0.3) is 0 Å². The highest BCUT2D eigenvalue weighted by atomic mass is 16.3. The number of aliphatic hydroxyl groups excluding tert-OH is 1. The van der Waals surface area contributed by atoms with Gasteiger partial charge in [-0.05, 0) is 24.3 Å². The van der Waals surface area contributed by atoms with Crippen molar-refractivity contribution >= 4 is 0 Å². The highest BCUT2D eigenvalue weighted by Crippen LogP contribution is 2.25. The normalized spacial score (nSPS) is 20.1. The Kier molecular flexibility index (Phi) is 4.17. The van der Waals surface area contributed by atoms with Gasteiger partial charge in [0.1, 0.15) is 0 Å². The molecule has 0 aliphatic heterocycles. The molecule has 2 rings (SSSR count). The summed E-state index contributed by atoms with van der Waals surface area (Å²) < 4.78 is 0. The van der Waals surface area contributed by atoms with Crippen LogP contribution in [0.3, 0.4) is 0 Å². The van der Waals surface area contributed by atoms with E-state index in [2.05, 4.69) is 6.08 Å². The van der Waals surface area contributed by atoms with Crippen LogP contribution < -0.4 is 0 Å². The van der Waals surface area contributed by atoms with Crippen molar-refractivity contribution in [3.05, 3.63) is 48.0 Å². The lowest BCUT2D eigenvalue weighted by Crippen LogP contribution is -2.03. The number of hydrogen-bond donors (Lipinski definition) is 1. The lowest BCUT2D eigenvalue weighted by atomic mass is 9.88. The second-order valence-electron chi connectivity index (χ2n) is 4.64. The van der Waals surface area contributed by atoms with Crippen LogP contribution >= 0.6 is 0 Å². The van der Waals surface area contributed by atoms with Crippen molar-refractivity contribution in [1.82, 2.24) is 0 Å². The maximum atomic E-state index is 9.96. The van der Waals surface area contributed by atoms with E-state index in [0.29, 0.717) is 5.92 Å². The minimum absolute atomic E-state index is 0.442. The fourth-order valence-corrected chi connectivity index (χ4v) is 2.35. The van der Waals surface area contributed by atoms with Gasteiger partial charge in [0, 0.05) is 0 Å². The zero-order valence-electron chi connectivity index (χ0n) is 9.68. The molecular weight excluding hydrogens is 196 g/mol. The Balaban J connectivity index is 1.91. The molecule has 1 fully saturated rings. The third-order valence-corrected chi connectivity index (χ3v) is 3.36. The highest BCUT2D eigenvalue weighted by Gasteiger charge is 2.10. The summed E-state index contributed by atoms with van der Waals surface area (Å²) in [4.78, 5) is 0. The largest absolute Gasteiger partial charge is 0.384 e. The van der Waals surface area contributed by atoms with Gasteiger partial charge >= 0.3 is 0 Å². The van der Waals surface area contributed by atoms with Crippen LogP contribution in [0, 0.1) is 5.92 Å². The molecule has 16 heavy (non-hydrogen) atoms. The molecule has 1 atom stereocenters. The smallest absolute Gasteiger partial charge is 0.0971 e. The fourth-order valence-electron chi connectivity index (χ4n) is 2.35. The first-order valence-corrected chi connectivity index (χ1v) is 6.27. The molecule has 1 N–H and O–H groups in total. The van der Waals surface area contributed by atoms with Gasteiger partial charge in [0.2, 0.25) is 0 Å². The standard InChI is InChI=1S/C15H20O/c16-15(14-9-5-2-6-10-14)12-11-13-7-3-1-4-8-13/h2,5-6,9-13,15-16H,1,3-4,7-8H2/b12-11+. The predicted octanol–water partition coefficient (Wildman–Crippen LogP) is 3.86. The minimum atomic E-state index is -0.442. The molecule has 1 heteroatoms. The average Bonchev–Trinajstić information content (AvgIpc) is 2.38. The van der Waals surface area contributed by atoms with E-state index in [4.69, 9.17) is 0 Å². The van der Waals surface area contributed by atoms with Gasteiger partial charge in [-0.15, -0.1) is 0 Å². The van der Waals surface area contributed by atoms with Crippen molar-refractivity contribution in [2.75, 3.05) is 0 Å². The lowest BCUT2D eigenvalue weighted by molar-refractivity contribution is 0.227. The van der Waals surface area contributed by atoms with E-state index < -0.39 is 6.10 Å². The van der Waals surface area contributed by atoms with Crippen molar-refractivity contribution < 1.29 is 5.11 Å². The molecule has 86 valence electrons. The number of rotatable bonds is 3. The Labute approximate surface area is 97.8 Å². The van der Waals surface area contributed by atoms with Crippen LogP contribution in [0.15, 0.2) is 42.5 Å². The maximum Gasteiger partial charge on any atom is 0.0971 e. The van der Waals surface area contributed by atoms with Crippen molar-refractivity contribution in [1.29, 1.82) is 0 Å². The summed E-state index contributed by atoms with van der Waals surface area (Å²) in [6.07, 6.45) is 10.4. The summed E-state index contributed by atoms with van der Waals surface area (Å²) in [5.74, 6) is 0.687. The van der Waals surface area contributed by atoms with Gasteiger partial charge in [-0.3, -0.25) is 0 Å². The molecule has 1 unspecified atom stereocenters. The van der Waals surface area contributed by atoms with Crippen molar-refractivity contribution in [2.45, 2.75) is 38.2 Å². The molecule has 0 spiro atoms. The Hall–Kier alpha value is -1.08. The molecule has 1 aromatic rings. The molecule has 0 bridgehead atoms. The Morgan fingerprint density at radius 3 is 2.44 bits per heavy atom. The first-order chi connectivity index (χ1) is 7.86. The molecule has 1 nitrogen and oxygen atoms in total. The summed E-state index contributed by atoms with van der Waals surface area (Å²) in [7, 11) is 0.